The average Bonchev–Trinajstić information content (AvgIpc) is 2.30. The largest absolute Gasteiger partial charge is 0.330 e. The van der Waals surface area contributed by atoms with Crippen LogP contribution in [0.25, 0.3) is 0 Å². The Morgan fingerprint density at radius 1 is 1.47 bits per heavy atom. The molecule has 0 bridgehead atoms. The number of benzene rings is 1. The lowest BCUT2D eigenvalue weighted by Crippen LogP contribution is -2.21. The summed E-state index contributed by atoms with van der Waals surface area (Å²) in [4.78, 5) is 11.9. The first-order valence-electron chi connectivity index (χ1n) is 5.50. The van der Waals surface area contributed by atoms with Crippen molar-refractivity contribution in [2.24, 2.45) is 11.7 Å². The number of anilines is 1. The molecule has 1 amide bonds. The van der Waals surface area contributed by atoms with Gasteiger partial charge in [0.15, 0.2) is 0 Å². The normalized spacial score (nSPS) is 12.2. The quantitative estimate of drug-likeness (QED) is 0.840. The molecule has 3 nitrogen and oxygen atoms in total. The van der Waals surface area contributed by atoms with Crippen molar-refractivity contribution in [2.45, 2.75) is 19.8 Å². The first kappa shape index (κ1) is 14.7. The zero-order chi connectivity index (χ0) is 12.8. The third-order valence-electron chi connectivity index (χ3n) is 2.48. The molecule has 1 rings (SSSR count). The van der Waals surface area contributed by atoms with Gasteiger partial charge in [-0.15, -0.1) is 0 Å². The van der Waals surface area contributed by atoms with Crippen LogP contribution in [0.15, 0.2) is 27.1 Å². The van der Waals surface area contributed by atoms with Crippen molar-refractivity contribution in [3.8, 4) is 0 Å². The highest BCUT2D eigenvalue weighted by atomic mass is 79.9. The van der Waals surface area contributed by atoms with Gasteiger partial charge in [0.2, 0.25) is 5.91 Å². The number of halogens is 2. The molecule has 17 heavy (non-hydrogen) atoms. The highest BCUT2D eigenvalue weighted by Crippen LogP contribution is 2.26. The summed E-state index contributed by atoms with van der Waals surface area (Å²) in [5, 5.41) is 2.90. The van der Waals surface area contributed by atoms with E-state index in [1.54, 1.807) is 0 Å². The Hall–Kier alpha value is -0.390. The van der Waals surface area contributed by atoms with Gasteiger partial charge in [-0.2, -0.15) is 0 Å². The van der Waals surface area contributed by atoms with Crippen molar-refractivity contribution in [2.75, 3.05) is 11.9 Å². The summed E-state index contributed by atoms with van der Waals surface area (Å²) in [6.45, 7) is 2.54. The molecule has 0 aliphatic carbocycles. The van der Waals surface area contributed by atoms with E-state index in [9.17, 15) is 4.79 Å². The maximum Gasteiger partial charge on any atom is 0.227 e. The molecule has 1 aromatic rings. The average molecular weight is 364 g/mol. The fourth-order valence-corrected chi connectivity index (χ4v) is 2.11. The smallest absolute Gasteiger partial charge is 0.227 e. The molecule has 1 atom stereocenters. The van der Waals surface area contributed by atoms with Crippen LogP contribution in [-0.2, 0) is 4.79 Å². The second-order valence-electron chi connectivity index (χ2n) is 3.95. The summed E-state index contributed by atoms with van der Waals surface area (Å²) in [5.41, 5.74) is 6.21. The van der Waals surface area contributed by atoms with Crippen molar-refractivity contribution >= 4 is 43.5 Å². The predicted octanol–water partition coefficient (Wildman–Crippen LogP) is 3.53. The molecule has 0 aliphatic rings. The lowest BCUT2D eigenvalue weighted by Gasteiger charge is -2.13. The van der Waals surface area contributed by atoms with Crippen molar-refractivity contribution in [3.63, 3.8) is 0 Å². The van der Waals surface area contributed by atoms with Gasteiger partial charge in [0, 0.05) is 14.9 Å². The molecule has 0 saturated heterocycles. The van der Waals surface area contributed by atoms with E-state index in [0.717, 1.165) is 27.5 Å². The van der Waals surface area contributed by atoms with Crippen molar-refractivity contribution < 1.29 is 4.79 Å². The molecule has 0 aliphatic heterocycles. The highest BCUT2D eigenvalue weighted by molar-refractivity contribution is 9.11. The predicted molar refractivity (Wildman–Crippen MR) is 77.9 cm³/mol. The van der Waals surface area contributed by atoms with Gasteiger partial charge in [-0.25, -0.2) is 0 Å². The van der Waals surface area contributed by atoms with Crippen molar-refractivity contribution in [1.82, 2.24) is 0 Å². The van der Waals surface area contributed by atoms with E-state index < -0.39 is 0 Å². The Morgan fingerprint density at radius 3 is 2.82 bits per heavy atom. The van der Waals surface area contributed by atoms with E-state index in [4.69, 9.17) is 5.73 Å². The number of carbonyl (C=O) groups is 1. The zero-order valence-electron chi connectivity index (χ0n) is 9.67. The van der Waals surface area contributed by atoms with E-state index >= 15 is 0 Å². The van der Waals surface area contributed by atoms with Crippen LogP contribution in [0.1, 0.15) is 19.8 Å². The molecular weight excluding hydrogens is 348 g/mol. The third kappa shape index (κ3) is 4.77. The SMILES string of the molecule is CC(CCCN)C(=O)Nc1cc(Br)ccc1Br. The minimum Gasteiger partial charge on any atom is -0.330 e. The van der Waals surface area contributed by atoms with Gasteiger partial charge in [-0.1, -0.05) is 22.9 Å². The summed E-state index contributed by atoms with van der Waals surface area (Å²) < 4.78 is 1.81. The number of rotatable bonds is 5. The van der Waals surface area contributed by atoms with Crippen LogP contribution in [0.4, 0.5) is 5.69 Å². The monoisotopic (exact) mass is 362 g/mol. The zero-order valence-corrected chi connectivity index (χ0v) is 12.8. The fraction of sp³-hybridized carbons (Fsp3) is 0.417. The molecule has 1 aromatic carbocycles. The lowest BCUT2D eigenvalue weighted by molar-refractivity contribution is -0.119. The van der Waals surface area contributed by atoms with Gasteiger partial charge in [-0.3, -0.25) is 4.79 Å². The molecule has 5 heteroatoms. The minimum absolute atomic E-state index is 0.0237. The first-order valence-corrected chi connectivity index (χ1v) is 7.09. The summed E-state index contributed by atoms with van der Waals surface area (Å²) in [7, 11) is 0. The van der Waals surface area contributed by atoms with Crippen LogP contribution in [0.5, 0.6) is 0 Å². The maximum atomic E-state index is 11.9. The molecule has 0 spiro atoms. The van der Waals surface area contributed by atoms with Crippen LogP contribution >= 0.6 is 31.9 Å². The Kier molecular flexibility index (Phi) is 6.16. The van der Waals surface area contributed by atoms with E-state index in [1.165, 1.54) is 0 Å². The van der Waals surface area contributed by atoms with E-state index in [0.29, 0.717) is 6.54 Å². The number of amides is 1. The number of nitrogens with two attached hydrogens (primary N) is 1. The first-order chi connectivity index (χ1) is 8.04. The number of carbonyl (C=O) groups excluding carboxylic acids is 1. The number of nitrogens with one attached hydrogen (secondary N) is 1. The van der Waals surface area contributed by atoms with Crippen molar-refractivity contribution in [3.05, 3.63) is 27.1 Å². The van der Waals surface area contributed by atoms with Crippen molar-refractivity contribution in [1.29, 1.82) is 0 Å². The van der Waals surface area contributed by atoms with Gasteiger partial charge in [0.05, 0.1) is 5.69 Å². The van der Waals surface area contributed by atoms with Gasteiger partial charge in [0.25, 0.3) is 0 Å². The molecule has 1 unspecified atom stereocenters. The van der Waals surface area contributed by atoms with E-state index in [1.807, 2.05) is 25.1 Å². The molecule has 0 fully saturated rings. The second-order valence-corrected chi connectivity index (χ2v) is 5.72. The molecule has 94 valence electrons. The highest BCUT2D eigenvalue weighted by Gasteiger charge is 2.13. The molecule has 0 saturated carbocycles. The minimum atomic E-state index is -0.0237. The second kappa shape index (κ2) is 7.13. The van der Waals surface area contributed by atoms with Crippen LogP contribution in [0.2, 0.25) is 0 Å². The molecular formula is C12H16Br2N2O. The molecule has 3 N–H and O–H groups in total. The van der Waals surface area contributed by atoms with Crippen LogP contribution in [0.3, 0.4) is 0 Å². The van der Waals surface area contributed by atoms with E-state index in [-0.39, 0.29) is 11.8 Å². The fourth-order valence-electron chi connectivity index (χ4n) is 1.40. The number of hydrogen-bond donors (Lipinski definition) is 2. The van der Waals surface area contributed by atoms with Crippen LogP contribution < -0.4 is 11.1 Å². The molecule has 0 aromatic heterocycles. The maximum absolute atomic E-state index is 11.9. The summed E-state index contributed by atoms with van der Waals surface area (Å²) >= 11 is 6.78. The van der Waals surface area contributed by atoms with E-state index in [2.05, 4.69) is 37.2 Å². The molecule has 0 heterocycles. The number of hydrogen-bond acceptors (Lipinski definition) is 2. The Labute approximate surface area is 118 Å². The van der Waals surface area contributed by atoms with Crippen LogP contribution in [-0.4, -0.2) is 12.5 Å². The van der Waals surface area contributed by atoms with Gasteiger partial charge in [0.1, 0.15) is 0 Å². The van der Waals surface area contributed by atoms with Gasteiger partial charge in [-0.05, 0) is 53.5 Å². The van der Waals surface area contributed by atoms with Gasteiger partial charge < -0.3 is 11.1 Å². The Morgan fingerprint density at radius 2 is 2.18 bits per heavy atom. The Balaban J connectivity index is 2.64. The van der Waals surface area contributed by atoms with Crippen LogP contribution in [0, 0.1) is 5.92 Å². The summed E-state index contributed by atoms with van der Waals surface area (Å²) in [5.74, 6) is 0.00156. The van der Waals surface area contributed by atoms with Gasteiger partial charge >= 0.3 is 0 Å². The summed E-state index contributed by atoms with van der Waals surface area (Å²) in [6.07, 6.45) is 1.68. The summed E-state index contributed by atoms with van der Waals surface area (Å²) in [6, 6.07) is 5.68. The Bertz CT molecular complexity index is 396. The third-order valence-corrected chi connectivity index (χ3v) is 3.66. The topological polar surface area (TPSA) is 55.1 Å². The molecule has 0 radical (unpaired) electrons. The lowest BCUT2D eigenvalue weighted by atomic mass is 10.0. The standard InChI is InChI=1S/C12H16Br2N2O/c1-8(3-2-6-15)12(17)16-11-7-9(13)4-5-10(11)14/h4-5,7-8H,2-3,6,15H2,1H3,(H,16,17).